The quantitative estimate of drug-likeness (QED) is 0.490. The normalized spacial score (nSPS) is 24.6. The maximum absolute atomic E-state index is 7.93. The van der Waals surface area contributed by atoms with E-state index in [1.54, 1.807) is 0 Å². The topological polar surface area (TPSA) is 27.1 Å². The Balaban J connectivity index is 2.46. The highest BCUT2D eigenvalue weighted by atomic mass is 15.2. The van der Waals surface area contributed by atoms with E-state index in [1.165, 1.54) is 19.3 Å². The number of rotatable bonds is 1. The smallest absolute Gasteiger partial charge is 0.0983 e. The van der Waals surface area contributed by atoms with Gasteiger partial charge in [-0.2, -0.15) is 0 Å². The van der Waals surface area contributed by atoms with Gasteiger partial charge in [0.25, 0.3) is 0 Å². The minimum Gasteiger partial charge on any atom is -0.360 e. The SMILES string of the molecule is CC1CCCN(C(=N)C(C)C)CC1. The van der Waals surface area contributed by atoms with Gasteiger partial charge in [-0.1, -0.05) is 20.8 Å². The Morgan fingerprint density at radius 2 is 2.00 bits per heavy atom. The Bertz CT molecular complexity index is 175. The molecule has 0 aliphatic carbocycles. The zero-order valence-electron chi connectivity index (χ0n) is 9.14. The van der Waals surface area contributed by atoms with E-state index in [9.17, 15) is 0 Å². The van der Waals surface area contributed by atoms with Gasteiger partial charge < -0.3 is 4.90 Å². The van der Waals surface area contributed by atoms with Crippen LogP contribution in [0.5, 0.6) is 0 Å². The highest BCUT2D eigenvalue weighted by Gasteiger charge is 2.17. The van der Waals surface area contributed by atoms with Crippen molar-refractivity contribution in [2.24, 2.45) is 11.8 Å². The molecule has 1 heterocycles. The summed E-state index contributed by atoms with van der Waals surface area (Å²) in [7, 11) is 0. The summed E-state index contributed by atoms with van der Waals surface area (Å²) in [5.74, 6) is 2.06. The van der Waals surface area contributed by atoms with Gasteiger partial charge in [0.2, 0.25) is 0 Å². The zero-order valence-corrected chi connectivity index (χ0v) is 9.14. The van der Waals surface area contributed by atoms with Crippen molar-refractivity contribution in [1.82, 2.24) is 4.90 Å². The van der Waals surface area contributed by atoms with Gasteiger partial charge in [0, 0.05) is 19.0 Å². The second kappa shape index (κ2) is 4.64. The summed E-state index contributed by atoms with van der Waals surface area (Å²) in [5, 5.41) is 7.93. The van der Waals surface area contributed by atoms with Crippen LogP contribution in [0.25, 0.3) is 0 Å². The third-order valence-electron chi connectivity index (χ3n) is 2.90. The van der Waals surface area contributed by atoms with E-state index in [-0.39, 0.29) is 0 Å². The zero-order chi connectivity index (χ0) is 9.84. The van der Waals surface area contributed by atoms with Crippen molar-refractivity contribution in [3.05, 3.63) is 0 Å². The molecule has 0 aromatic rings. The Morgan fingerprint density at radius 1 is 1.31 bits per heavy atom. The Kier molecular flexibility index (Phi) is 3.76. The van der Waals surface area contributed by atoms with Gasteiger partial charge in [-0.3, -0.25) is 5.41 Å². The molecule has 1 unspecified atom stereocenters. The number of hydrogen-bond donors (Lipinski definition) is 1. The van der Waals surface area contributed by atoms with Crippen molar-refractivity contribution in [2.45, 2.75) is 40.0 Å². The Labute approximate surface area is 81.8 Å². The van der Waals surface area contributed by atoms with Crippen molar-refractivity contribution in [3.63, 3.8) is 0 Å². The first kappa shape index (κ1) is 10.6. The van der Waals surface area contributed by atoms with Crippen LogP contribution in [-0.2, 0) is 0 Å². The lowest BCUT2D eigenvalue weighted by molar-refractivity contribution is 0.403. The largest absolute Gasteiger partial charge is 0.360 e. The molecule has 0 aromatic carbocycles. The molecule has 1 rings (SSSR count). The van der Waals surface area contributed by atoms with Gasteiger partial charge in [0.15, 0.2) is 0 Å². The second-order valence-corrected chi connectivity index (χ2v) is 4.56. The van der Waals surface area contributed by atoms with Gasteiger partial charge in [-0.05, 0) is 25.2 Å². The molecule has 1 aliphatic rings. The summed E-state index contributed by atoms with van der Waals surface area (Å²) in [6.45, 7) is 8.73. The fourth-order valence-corrected chi connectivity index (χ4v) is 1.87. The highest BCUT2D eigenvalue weighted by Crippen LogP contribution is 2.17. The molecule has 0 amide bonds. The standard InChI is InChI=1S/C11H22N2/c1-9(2)11(12)13-7-4-5-10(3)6-8-13/h9-10,12H,4-8H2,1-3H3. The summed E-state index contributed by atoms with van der Waals surface area (Å²) < 4.78 is 0. The van der Waals surface area contributed by atoms with Gasteiger partial charge in [-0.25, -0.2) is 0 Å². The molecule has 0 saturated carbocycles. The first-order chi connectivity index (χ1) is 6.11. The van der Waals surface area contributed by atoms with Crippen LogP contribution in [0.2, 0.25) is 0 Å². The van der Waals surface area contributed by atoms with E-state index < -0.39 is 0 Å². The van der Waals surface area contributed by atoms with E-state index in [2.05, 4.69) is 25.7 Å². The maximum Gasteiger partial charge on any atom is 0.0983 e. The van der Waals surface area contributed by atoms with Crippen molar-refractivity contribution < 1.29 is 0 Å². The van der Waals surface area contributed by atoms with Crippen LogP contribution in [0, 0.1) is 17.2 Å². The second-order valence-electron chi connectivity index (χ2n) is 4.56. The Hall–Kier alpha value is -0.530. The lowest BCUT2D eigenvalue weighted by Gasteiger charge is -2.25. The lowest BCUT2D eigenvalue weighted by atomic mass is 10.0. The maximum atomic E-state index is 7.93. The van der Waals surface area contributed by atoms with E-state index in [4.69, 9.17) is 5.41 Å². The van der Waals surface area contributed by atoms with Crippen molar-refractivity contribution in [2.75, 3.05) is 13.1 Å². The van der Waals surface area contributed by atoms with Crippen molar-refractivity contribution >= 4 is 5.84 Å². The molecule has 76 valence electrons. The van der Waals surface area contributed by atoms with Crippen LogP contribution in [0.15, 0.2) is 0 Å². The van der Waals surface area contributed by atoms with E-state index in [1.807, 2.05) is 0 Å². The molecule has 0 spiro atoms. The average molecular weight is 182 g/mol. The summed E-state index contributed by atoms with van der Waals surface area (Å²) in [5.41, 5.74) is 0. The predicted octanol–water partition coefficient (Wildman–Crippen LogP) is 2.74. The number of hydrogen-bond acceptors (Lipinski definition) is 1. The van der Waals surface area contributed by atoms with Crippen LogP contribution < -0.4 is 0 Å². The molecule has 0 aromatic heterocycles. The molecule has 0 bridgehead atoms. The fourth-order valence-electron chi connectivity index (χ4n) is 1.87. The molecular weight excluding hydrogens is 160 g/mol. The fraction of sp³-hybridized carbons (Fsp3) is 0.909. The average Bonchev–Trinajstić information content (AvgIpc) is 2.28. The van der Waals surface area contributed by atoms with Gasteiger partial charge in [0.1, 0.15) is 0 Å². The predicted molar refractivity (Wildman–Crippen MR) is 57.2 cm³/mol. The van der Waals surface area contributed by atoms with E-state index in [0.29, 0.717) is 5.92 Å². The van der Waals surface area contributed by atoms with Crippen LogP contribution in [0.3, 0.4) is 0 Å². The molecule has 0 radical (unpaired) electrons. The van der Waals surface area contributed by atoms with Crippen molar-refractivity contribution in [3.8, 4) is 0 Å². The third kappa shape index (κ3) is 3.02. The number of nitrogens with zero attached hydrogens (tertiary/aromatic N) is 1. The minimum atomic E-state index is 0.383. The van der Waals surface area contributed by atoms with E-state index in [0.717, 1.165) is 24.8 Å². The molecule has 1 aliphatic heterocycles. The van der Waals surface area contributed by atoms with Crippen molar-refractivity contribution in [1.29, 1.82) is 5.41 Å². The molecule has 2 heteroatoms. The first-order valence-corrected chi connectivity index (χ1v) is 5.44. The van der Waals surface area contributed by atoms with Gasteiger partial charge in [-0.15, -0.1) is 0 Å². The first-order valence-electron chi connectivity index (χ1n) is 5.44. The number of amidine groups is 1. The lowest BCUT2D eigenvalue weighted by Crippen LogP contribution is -2.34. The highest BCUT2D eigenvalue weighted by molar-refractivity contribution is 5.80. The van der Waals surface area contributed by atoms with Gasteiger partial charge >= 0.3 is 0 Å². The molecule has 13 heavy (non-hydrogen) atoms. The minimum absolute atomic E-state index is 0.383. The van der Waals surface area contributed by atoms with Crippen LogP contribution in [-0.4, -0.2) is 23.8 Å². The monoisotopic (exact) mass is 182 g/mol. The Morgan fingerprint density at radius 3 is 2.62 bits per heavy atom. The number of nitrogens with one attached hydrogen (secondary N) is 1. The molecule has 1 fully saturated rings. The summed E-state index contributed by atoms with van der Waals surface area (Å²) in [6, 6.07) is 0. The third-order valence-corrected chi connectivity index (χ3v) is 2.90. The van der Waals surface area contributed by atoms with Gasteiger partial charge in [0.05, 0.1) is 5.84 Å². The molecule has 2 nitrogen and oxygen atoms in total. The van der Waals surface area contributed by atoms with E-state index >= 15 is 0 Å². The van der Waals surface area contributed by atoms with Crippen LogP contribution in [0.4, 0.5) is 0 Å². The molecule has 1 atom stereocenters. The van der Waals surface area contributed by atoms with Crippen LogP contribution >= 0.6 is 0 Å². The summed E-state index contributed by atoms with van der Waals surface area (Å²) >= 11 is 0. The number of likely N-dealkylation sites (tertiary alicyclic amines) is 1. The summed E-state index contributed by atoms with van der Waals surface area (Å²) in [6.07, 6.45) is 3.85. The summed E-state index contributed by atoms with van der Waals surface area (Å²) in [4.78, 5) is 2.26. The molecular formula is C11H22N2. The van der Waals surface area contributed by atoms with Crippen LogP contribution in [0.1, 0.15) is 40.0 Å². The molecule has 1 N–H and O–H groups in total. The molecule has 1 saturated heterocycles.